The summed E-state index contributed by atoms with van der Waals surface area (Å²) in [6.07, 6.45) is 2.87. The lowest BCUT2D eigenvalue weighted by Crippen LogP contribution is -2.60. The standard InChI is InChI=1S/C15H30N2O3/c1-12(10-19-5)9-16-11-15(7-6-8-15)17-13(18)20-14(2,3)4/h12,16H,6-11H2,1-5H3,(H,17,18). The van der Waals surface area contributed by atoms with E-state index in [-0.39, 0.29) is 11.6 Å². The van der Waals surface area contributed by atoms with Gasteiger partial charge in [-0.05, 0) is 52.5 Å². The molecule has 0 radical (unpaired) electrons. The van der Waals surface area contributed by atoms with Crippen LogP contribution in [-0.4, -0.2) is 44.0 Å². The highest BCUT2D eigenvalue weighted by Crippen LogP contribution is 2.31. The maximum atomic E-state index is 11.9. The molecule has 1 fully saturated rings. The van der Waals surface area contributed by atoms with Crippen LogP contribution in [0.1, 0.15) is 47.0 Å². The zero-order valence-electron chi connectivity index (χ0n) is 13.5. The predicted molar refractivity (Wildman–Crippen MR) is 79.9 cm³/mol. The number of amides is 1. The summed E-state index contributed by atoms with van der Waals surface area (Å²) in [5.41, 5.74) is -0.579. The summed E-state index contributed by atoms with van der Waals surface area (Å²) in [4.78, 5) is 11.9. The van der Waals surface area contributed by atoms with Crippen molar-refractivity contribution in [2.45, 2.75) is 58.1 Å². The third kappa shape index (κ3) is 6.09. The minimum absolute atomic E-state index is 0.130. The lowest BCUT2D eigenvalue weighted by molar-refractivity contribution is 0.0380. The van der Waals surface area contributed by atoms with Gasteiger partial charge in [0.1, 0.15) is 5.60 Å². The van der Waals surface area contributed by atoms with Crippen molar-refractivity contribution in [1.29, 1.82) is 0 Å². The molecule has 5 heteroatoms. The lowest BCUT2D eigenvalue weighted by Gasteiger charge is -2.43. The van der Waals surface area contributed by atoms with Crippen molar-refractivity contribution in [1.82, 2.24) is 10.6 Å². The smallest absolute Gasteiger partial charge is 0.408 e. The van der Waals surface area contributed by atoms with Crippen LogP contribution in [0.2, 0.25) is 0 Å². The second kappa shape index (κ2) is 7.27. The highest BCUT2D eigenvalue weighted by Gasteiger charge is 2.39. The van der Waals surface area contributed by atoms with Gasteiger partial charge in [0.25, 0.3) is 0 Å². The van der Waals surface area contributed by atoms with Crippen LogP contribution in [0.3, 0.4) is 0 Å². The third-order valence-corrected chi connectivity index (χ3v) is 3.48. The van der Waals surface area contributed by atoms with Crippen molar-refractivity contribution in [2.24, 2.45) is 5.92 Å². The van der Waals surface area contributed by atoms with Crippen LogP contribution in [0.25, 0.3) is 0 Å². The minimum atomic E-state index is -0.449. The number of carbonyl (C=O) groups is 1. The van der Waals surface area contributed by atoms with Gasteiger partial charge < -0.3 is 20.1 Å². The molecule has 1 rings (SSSR count). The summed E-state index contributed by atoms with van der Waals surface area (Å²) in [5.74, 6) is 0.471. The zero-order chi connectivity index (χ0) is 15.2. The molecule has 2 N–H and O–H groups in total. The van der Waals surface area contributed by atoms with Crippen LogP contribution >= 0.6 is 0 Å². The number of ether oxygens (including phenoxy) is 2. The Morgan fingerprint density at radius 1 is 1.35 bits per heavy atom. The third-order valence-electron chi connectivity index (χ3n) is 3.48. The van der Waals surface area contributed by atoms with Crippen LogP contribution < -0.4 is 10.6 Å². The first-order valence-corrected chi connectivity index (χ1v) is 7.47. The van der Waals surface area contributed by atoms with Gasteiger partial charge in [-0.25, -0.2) is 4.79 Å². The van der Waals surface area contributed by atoms with Gasteiger partial charge in [0.2, 0.25) is 0 Å². The van der Waals surface area contributed by atoms with Crippen LogP contribution in [0.5, 0.6) is 0 Å². The molecule has 1 saturated carbocycles. The maximum Gasteiger partial charge on any atom is 0.408 e. The number of rotatable bonds is 7. The Labute approximate surface area is 122 Å². The maximum absolute atomic E-state index is 11.9. The molecule has 0 heterocycles. The molecule has 0 aromatic carbocycles. The quantitative estimate of drug-likeness (QED) is 0.754. The number of methoxy groups -OCH3 is 1. The van der Waals surface area contributed by atoms with Crippen LogP contribution in [0, 0.1) is 5.92 Å². The van der Waals surface area contributed by atoms with Crippen molar-refractivity contribution < 1.29 is 14.3 Å². The second-order valence-corrected chi connectivity index (χ2v) is 6.95. The van der Waals surface area contributed by atoms with Gasteiger partial charge in [0.15, 0.2) is 0 Å². The Morgan fingerprint density at radius 2 is 2.00 bits per heavy atom. The molecule has 20 heavy (non-hydrogen) atoms. The van der Waals surface area contributed by atoms with Crippen molar-refractivity contribution in [2.75, 3.05) is 26.8 Å². The number of carbonyl (C=O) groups excluding carboxylic acids is 1. The van der Waals surface area contributed by atoms with Crippen molar-refractivity contribution in [3.05, 3.63) is 0 Å². The van der Waals surface area contributed by atoms with E-state index >= 15 is 0 Å². The molecule has 5 nitrogen and oxygen atoms in total. The lowest BCUT2D eigenvalue weighted by atomic mass is 9.76. The van der Waals surface area contributed by atoms with Gasteiger partial charge in [-0.15, -0.1) is 0 Å². The molecule has 1 aliphatic rings. The summed E-state index contributed by atoms with van der Waals surface area (Å²) in [6.45, 7) is 10.2. The number of nitrogens with one attached hydrogen (secondary N) is 2. The largest absolute Gasteiger partial charge is 0.444 e. The summed E-state index contributed by atoms with van der Waals surface area (Å²) < 4.78 is 10.5. The zero-order valence-corrected chi connectivity index (χ0v) is 13.5. The minimum Gasteiger partial charge on any atom is -0.444 e. The highest BCUT2D eigenvalue weighted by molar-refractivity contribution is 5.69. The van der Waals surface area contributed by atoms with Gasteiger partial charge in [-0.1, -0.05) is 6.92 Å². The van der Waals surface area contributed by atoms with E-state index < -0.39 is 5.60 Å². The number of hydrogen-bond donors (Lipinski definition) is 2. The van der Waals surface area contributed by atoms with Gasteiger partial charge in [0, 0.05) is 20.3 Å². The molecule has 0 spiro atoms. The highest BCUT2D eigenvalue weighted by atomic mass is 16.6. The van der Waals surface area contributed by atoms with Crippen LogP contribution in [-0.2, 0) is 9.47 Å². The van der Waals surface area contributed by atoms with E-state index in [0.29, 0.717) is 5.92 Å². The molecular formula is C15H30N2O3. The van der Waals surface area contributed by atoms with Crippen LogP contribution in [0.15, 0.2) is 0 Å². The molecule has 1 aliphatic carbocycles. The summed E-state index contributed by atoms with van der Waals surface area (Å²) >= 11 is 0. The molecule has 1 unspecified atom stereocenters. The van der Waals surface area contributed by atoms with E-state index in [1.807, 2.05) is 20.8 Å². The summed E-state index contributed by atoms with van der Waals surface area (Å²) in [7, 11) is 1.72. The predicted octanol–water partition coefficient (Wildman–Crippen LogP) is 2.31. The summed E-state index contributed by atoms with van der Waals surface area (Å²) in [5, 5.41) is 6.47. The van der Waals surface area contributed by atoms with E-state index in [0.717, 1.165) is 39.0 Å². The summed E-state index contributed by atoms with van der Waals surface area (Å²) in [6, 6.07) is 0. The van der Waals surface area contributed by atoms with E-state index in [1.165, 1.54) is 0 Å². The first-order chi connectivity index (χ1) is 9.26. The number of alkyl carbamates (subject to hydrolysis) is 1. The monoisotopic (exact) mass is 286 g/mol. The average molecular weight is 286 g/mol. The second-order valence-electron chi connectivity index (χ2n) is 6.95. The SMILES string of the molecule is COCC(C)CNCC1(NC(=O)OC(C)(C)C)CCC1. The van der Waals surface area contributed by atoms with E-state index in [4.69, 9.17) is 9.47 Å². The van der Waals surface area contributed by atoms with E-state index in [1.54, 1.807) is 7.11 Å². The van der Waals surface area contributed by atoms with Gasteiger partial charge >= 0.3 is 6.09 Å². The Kier molecular flexibility index (Phi) is 6.27. The molecule has 0 aromatic rings. The van der Waals surface area contributed by atoms with E-state index in [2.05, 4.69) is 17.6 Å². The molecule has 0 saturated heterocycles. The Hall–Kier alpha value is -0.810. The van der Waals surface area contributed by atoms with E-state index in [9.17, 15) is 4.79 Å². The van der Waals surface area contributed by atoms with Crippen molar-refractivity contribution in [3.8, 4) is 0 Å². The fourth-order valence-corrected chi connectivity index (χ4v) is 2.37. The van der Waals surface area contributed by atoms with Gasteiger partial charge in [-0.2, -0.15) is 0 Å². The molecule has 0 aromatic heterocycles. The Morgan fingerprint density at radius 3 is 2.45 bits per heavy atom. The normalized spacial score (nSPS) is 19.1. The molecular weight excluding hydrogens is 256 g/mol. The van der Waals surface area contributed by atoms with Crippen LogP contribution in [0.4, 0.5) is 4.79 Å². The van der Waals surface area contributed by atoms with Crippen molar-refractivity contribution in [3.63, 3.8) is 0 Å². The topological polar surface area (TPSA) is 59.6 Å². The number of hydrogen-bond acceptors (Lipinski definition) is 4. The Balaban J connectivity index is 2.34. The van der Waals surface area contributed by atoms with Gasteiger partial charge in [-0.3, -0.25) is 0 Å². The molecule has 118 valence electrons. The molecule has 0 bridgehead atoms. The fraction of sp³-hybridized carbons (Fsp3) is 0.933. The van der Waals surface area contributed by atoms with Crippen molar-refractivity contribution >= 4 is 6.09 Å². The fourth-order valence-electron chi connectivity index (χ4n) is 2.37. The molecule has 1 atom stereocenters. The Bertz CT molecular complexity index is 309. The van der Waals surface area contributed by atoms with Gasteiger partial charge in [0.05, 0.1) is 5.54 Å². The molecule has 1 amide bonds. The first-order valence-electron chi connectivity index (χ1n) is 7.47. The average Bonchev–Trinajstić information content (AvgIpc) is 2.23. The first kappa shape index (κ1) is 17.2. The molecule has 0 aliphatic heterocycles.